The lowest BCUT2D eigenvalue weighted by Crippen LogP contribution is -2.39. The summed E-state index contributed by atoms with van der Waals surface area (Å²) >= 11 is 0. The molecule has 20 heavy (non-hydrogen) atoms. The Bertz CT molecular complexity index is 431. The molecule has 0 aromatic carbocycles. The van der Waals surface area contributed by atoms with Crippen LogP contribution in [0.25, 0.3) is 0 Å². The number of carbonyl (C=O) groups is 2. The van der Waals surface area contributed by atoms with Gasteiger partial charge >= 0.3 is 12.3 Å². The van der Waals surface area contributed by atoms with Gasteiger partial charge in [-0.3, -0.25) is 4.79 Å². The summed E-state index contributed by atoms with van der Waals surface area (Å²) in [6.45, 7) is 3.20. The summed E-state index contributed by atoms with van der Waals surface area (Å²) in [5, 5.41) is 9.54. The van der Waals surface area contributed by atoms with Crippen LogP contribution in [0.2, 0.25) is 0 Å². The Morgan fingerprint density at radius 1 is 1.55 bits per heavy atom. The average Bonchev–Trinajstić information content (AvgIpc) is 2.78. The van der Waals surface area contributed by atoms with Crippen LogP contribution in [0.15, 0.2) is 24.3 Å². The zero-order valence-electron chi connectivity index (χ0n) is 10.5. The number of nitrogens with zero attached hydrogens (tertiary/aromatic N) is 1. The Balaban J connectivity index is 2.68. The summed E-state index contributed by atoms with van der Waals surface area (Å²) in [6, 6.07) is 0. The highest BCUT2D eigenvalue weighted by molar-refractivity contribution is 5.95. The first kappa shape index (κ1) is 16.2. The Morgan fingerprint density at radius 2 is 2.20 bits per heavy atom. The smallest absolute Gasteiger partial charge is 0.416 e. The minimum absolute atomic E-state index is 0.0113. The van der Waals surface area contributed by atoms with Crippen LogP contribution in [0.1, 0.15) is 12.8 Å². The molecule has 8 heteroatoms. The summed E-state index contributed by atoms with van der Waals surface area (Å²) in [6.07, 6.45) is -6.33. The predicted molar refractivity (Wildman–Crippen MR) is 62.6 cm³/mol. The van der Waals surface area contributed by atoms with Crippen LogP contribution < -0.4 is 0 Å². The minimum atomic E-state index is -4.55. The maximum atomic E-state index is 12.6. The van der Waals surface area contributed by atoms with E-state index in [-0.39, 0.29) is 13.2 Å². The highest BCUT2D eigenvalue weighted by Gasteiger charge is 2.34. The molecule has 2 amide bonds. The molecule has 0 aromatic heterocycles. The van der Waals surface area contributed by atoms with Gasteiger partial charge in [0.15, 0.2) is 0 Å². The molecule has 0 saturated carbocycles. The van der Waals surface area contributed by atoms with Crippen LogP contribution in [0.5, 0.6) is 0 Å². The topological polar surface area (TPSA) is 66.8 Å². The van der Waals surface area contributed by atoms with E-state index in [9.17, 15) is 27.9 Å². The number of halogens is 3. The molecule has 0 aliphatic carbocycles. The van der Waals surface area contributed by atoms with Gasteiger partial charge in [-0.15, -0.1) is 6.58 Å². The second-order valence-electron chi connectivity index (χ2n) is 4.08. The van der Waals surface area contributed by atoms with Gasteiger partial charge in [-0.2, -0.15) is 13.2 Å². The van der Waals surface area contributed by atoms with Crippen LogP contribution in [-0.4, -0.2) is 47.4 Å². The first-order chi connectivity index (χ1) is 9.27. The molecule has 1 heterocycles. The van der Waals surface area contributed by atoms with Gasteiger partial charge in [-0.1, -0.05) is 12.2 Å². The van der Waals surface area contributed by atoms with Gasteiger partial charge < -0.3 is 9.84 Å². The number of rotatable bonds is 5. The summed E-state index contributed by atoms with van der Waals surface area (Å²) in [4.78, 5) is 23.4. The van der Waals surface area contributed by atoms with Crippen molar-refractivity contribution in [3.63, 3.8) is 0 Å². The van der Waals surface area contributed by atoms with Crippen molar-refractivity contribution in [1.29, 1.82) is 0 Å². The summed E-state index contributed by atoms with van der Waals surface area (Å²) in [7, 11) is 0. The van der Waals surface area contributed by atoms with E-state index in [0.29, 0.717) is 4.90 Å². The number of ether oxygens (including phenoxy) is 1. The van der Waals surface area contributed by atoms with Crippen molar-refractivity contribution >= 4 is 12.0 Å². The van der Waals surface area contributed by atoms with Crippen molar-refractivity contribution < 1.29 is 32.6 Å². The number of hydrogen-bond donors (Lipinski definition) is 1. The first-order valence-electron chi connectivity index (χ1n) is 5.80. The van der Waals surface area contributed by atoms with Crippen LogP contribution in [0.3, 0.4) is 0 Å². The molecule has 112 valence electrons. The van der Waals surface area contributed by atoms with Crippen molar-refractivity contribution in [1.82, 2.24) is 4.90 Å². The van der Waals surface area contributed by atoms with E-state index >= 15 is 0 Å². The third kappa shape index (κ3) is 4.09. The van der Waals surface area contributed by atoms with Crippen molar-refractivity contribution in [3.05, 3.63) is 24.3 Å². The van der Waals surface area contributed by atoms with Gasteiger partial charge in [0, 0.05) is 12.0 Å². The molecule has 1 N–H and O–H groups in total. The van der Waals surface area contributed by atoms with E-state index < -0.39 is 42.7 Å². The Labute approximate surface area is 113 Å². The summed E-state index contributed by atoms with van der Waals surface area (Å²) in [5.74, 6) is -0.969. The van der Waals surface area contributed by atoms with E-state index in [2.05, 4.69) is 11.3 Å². The molecular formula is C12H14F3NO4. The highest BCUT2D eigenvalue weighted by Crippen LogP contribution is 2.29. The molecule has 0 radical (unpaired) electrons. The Kier molecular flexibility index (Phi) is 5.32. The number of aliphatic hydroxyl groups excluding tert-OH is 1. The second-order valence-corrected chi connectivity index (χ2v) is 4.08. The third-order valence-corrected chi connectivity index (χ3v) is 2.63. The standard InChI is InChI=1S/C12H14F3NO4/c1-2-3-8(12(13,14)15)4-5-9(17)10(18)16-6-7-20-11(16)19/h2,4,9,17H,1,3,5-7H2/b8-4+/t9-/m0/s1. The number of allylic oxidation sites excluding steroid dienone is 2. The fourth-order valence-corrected chi connectivity index (χ4v) is 1.60. The summed E-state index contributed by atoms with van der Waals surface area (Å²) < 4.78 is 42.2. The SMILES string of the molecule is C=CC/C(=C\C[C@H](O)C(=O)N1CCOC1=O)C(F)(F)F. The maximum absolute atomic E-state index is 12.6. The predicted octanol–water partition coefficient (Wildman–Crippen LogP) is 1.78. The molecule has 1 saturated heterocycles. The highest BCUT2D eigenvalue weighted by atomic mass is 19.4. The molecule has 0 bridgehead atoms. The molecule has 1 aliphatic rings. The van der Waals surface area contributed by atoms with Crippen LogP contribution in [0, 0.1) is 0 Å². The molecule has 0 unspecified atom stereocenters. The van der Waals surface area contributed by atoms with E-state index in [1.54, 1.807) is 0 Å². The molecular weight excluding hydrogens is 279 g/mol. The van der Waals surface area contributed by atoms with Crippen molar-refractivity contribution in [2.45, 2.75) is 25.1 Å². The Hall–Kier alpha value is -1.83. The molecule has 1 rings (SSSR count). The molecule has 5 nitrogen and oxygen atoms in total. The number of imide groups is 1. The zero-order valence-corrected chi connectivity index (χ0v) is 10.5. The van der Waals surface area contributed by atoms with Gasteiger partial charge in [0.2, 0.25) is 0 Å². The molecule has 1 atom stereocenters. The lowest BCUT2D eigenvalue weighted by Gasteiger charge is -2.15. The van der Waals surface area contributed by atoms with Crippen LogP contribution in [-0.2, 0) is 9.53 Å². The number of carbonyl (C=O) groups excluding carboxylic acids is 2. The van der Waals surface area contributed by atoms with E-state index in [0.717, 1.165) is 12.2 Å². The second kappa shape index (κ2) is 6.56. The lowest BCUT2D eigenvalue weighted by atomic mass is 10.1. The third-order valence-electron chi connectivity index (χ3n) is 2.63. The fourth-order valence-electron chi connectivity index (χ4n) is 1.60. The van der Waals surface area contributed by atoms with Crippen molar-refractivity contribution in [2.24, 2.45) is 0 Å². The maximum Gasteiger partial charge on any atom is 0.416 e. The van der Waals surface area contributed by atoms with E-state index in [4.69, 9.17) is 0 Å². The quantitative estimate of drug-likeness (QED) is 0.785. The monoisotopic (exact) mass is 293 g/mol. The van der Waals surface area contributed by atoms with Gasteiger partial charge in [-0.05, 0) is 6.42 Å². The fraction of sp³-hybridized carbons (Fsp3) is 0.500. The summed E-state index contributed by atoms with van der Waals surface area (Å²) in [5.41, 5.74) is -0.900. The number of alkyl halides is 3. The minimum Gasteiger partial charge on any atom is -0.447 e. The number of hydrogen-bond acceptors (Lipinski definition) is 4. The van der Waals surface area contributed by atoms with Gasteiger partial charge in [0.1, 0.15) is 12.7 Å². The zero-order chi connectivity index (χ0) is 15.3. The largest absolute Gasteiger partial charge is 0.447 e. The van der Waals surface area contributed by atoms with Gasteiger partial charge in [-0.25, -0.2) is 9.69 Å². The molecule has 0 spiro atoms. The molecule has 0 aromatic rings. The van der Waals surface area contributed by atoms with Gasteiger partial charge in [0.25, 0.3) is 5.91 Å². The number of aliphatic hydroxyl groups is 1. The number of cyclic esters (lactones) is 1. The van der Waals surface area contributed by atoms with Crippen LogP contribution in [0.4, 0.5) is 18.0 Å². The average molecular weight is 293 g/mol. The van der Waals surface area contributed by atoms with E-state index in [1.165, 1.54) is 0 Å². The normalized spacial score (nSPS) is 17.9. The van der Waals surface area contributed by atoms with Crippen LogP contribution >= 0.6 is 0 Å². The molecule has 1 aliphatic heterocycles. The van der Waals surface area contributed by atoms with Gasteiger partial charge in [0.05, 0.1) is 6.54 Å². The van der Waals surface area contributed by atoms with Crippen molar-refractivity contribution in [3.8, 4) is 0 Å². The molecule has 1 fully saturated rings. The van der Waals surface area contributed by atoms with E-state index in [1.807, 2.05) is 0 Å². The first-order valence-corrected chi connectivity index (χ1v) is 5.80. The van der Waals surface area contributed by atoms with Crippen molar-refractivity contribution in [2.75, 3.05) is 13.2 Å². The lowest BCUT2D eigenvalue weighted by molar-refractivity contribution is -0.136. The number of amides is 2. The Morgan fingerprint density at radius 3 is 2.65 bits per heavy atom.